The van der Waals surface area contributed by atoms with Crippen molar-refractivity contribution in [1.29, 1.82) is 0 Å². The van der Waals surface area contributed by atoms with E-state index in [4.69, 9.17) is 5.11 Å². The van der Waals surface area contributed by atoms with E-state index in [1.807, 2.05) is 0 Å². The molecule has 1 aliphatic rings. The third kappa shape index (κ3) is 3.33. The van der Waals surface area contributed by atoms with Crippen molar-refractivity contribution >= 4 is 10.0 Å². The van der Waals surface area contributed by atoms with Crippen LogP contribution in [0.5, 0.6) is 0 Å². The summed E-state index contributed by atoms with van der Waals surface area (Å²) in [5, 5.41) is 12.1. The van der Waals surface area contributed by atoms with Crippen LogP contribution in [0.1, 0.15) is 12.8 Å². The summed E-state index contributed by atoms with van der Waals surface area (Å²) in [5.41, 5.74) is 0. The van der Waals surface area contributed by atoms with Crippen molar-refractivity contribution in [1.82, 2.24) is 9.62 Å². The molecule has 1 saturated heterocycles. The van der Waals surface area contributed by atoms with Gasteiger partial charge in [0.05, 0.1) is 4.90 Å². The second kappa shape index (κ2) is 6.47. The van der Waals surface area contributed by atoms with Gasteiger partial charge in [0.15, 0.2) is 0 Å². The molecule has 0 aromatic heterocycles. The van der Waals surface area contributed by atoms with E-state index in [2.05, 4.69) is 5.32 Å². The van der Waals surface area contributed by atoms with Crippen molar-refractivity contribution in [2.24, 2.45) is 0 Å². The Morgan fingerprint density at radius 3 is 2.74 bits per heavy atom. The summed E-state index contributed by atoms with van der Waals surface area (Å²) in [4.78, 5) is 0.339. The van der Waals surface area contributed by atoms with E-state index in [0.29, 0.717) is 37.4 Å². The zero-order chi connectivity index (χ0) is 13.7. The SMILES string of the molecule is O=S(=O)(c1ccccc1)N1CCNCC1CCCO. The van der Waals surface area contributed by atoms with Gasteiger partial charge in [-0.25, -0.2) is 8.42 Å². The van der Waals surface area contributed by atoms with E-state index in [1.54, 1.807) is 34.6 Å². The molecule has 1 atom stereocenters. The van der Waals surface area contributed by atoms with Crippen LogP contribution in [0.3, 0.4) is 0 Å². The number of rotatable bonds is 5. The summed E-state index contributed by atoms with van der Waals surface area (Å²) in [7, 11) is -3.43. The van der Waals surface area contributed by atoms with E-state index < -0.39 is 10.0 Å². The van der Waals surface area contributed by atoms with Gasteiger partial charge in [-0.15, -0.1) is 0 Å². The summed E-state index contributed by atoms with van der Waals surface area (Å²) >= 11 is 0. The molecule has 1 aromatic rings. The average molecular weight is 284 g/mol. The zero-order valence-corrected chi connectivity index (χ0v) is 11.6. The highest BCUT2D eigenvalue weighted by Gasteiger charge is 2.32. The van der Waals surface area contributed by atoms with Crippen LogP contribution in [0, 0.1) is 0 Å². The summed E-state index contributed by atoms with van der Waals surface area (Å²) in [5.74, 6) is 0. The van der Waals surface area contributed by atoms with Crippen molar-refractivity contribution in [3.63, 3.8) is 0 Å². The number of hydrogen-bond donors (Lipinski definition) is 2. The van der Waals surface area contributed by atoms with E-state index in [0.717, 1.165) is 0 Å². The molecule has 0 spiro atoms. The molecule has 2 N–H and O–H groups in total. The fourth-order valence-corrected chi connectivity index (χ4v) is 4.04. The van der Waals surface area contributed by atoms with Crippen LogP contribution < -0.4 is 5.32 Å². The highest BCUT2D eigenvalue weighted by Crippen LogP contribution is 2.21. The number of sulfonamides is 1. The minimum absolute atomic E-state index is 0.0777. The summed E-state index contributed by atoms with van der Waals surface area (Å²) < 4.78 is 26.8. The van der Waals surface area contributed by atoms with Crippen LogP contribution in [-0.4, -0.2) is 50.1 Å². The Kier molecular flexibility index (Phi) is 4.93. The number of nitrogens with one attached hydrogen (secondary N) is 1. The van der Waals surface area contributed by atoms with E-state index >= 15 is 0 Å². The van der Waals surface area contributed by atoms with Crippen LogP contribution >= 0.6 is 0 Å². The molecule has 0 aliphatic carbocycles. The third-order valence-electron chi connectivity index (χ3n) is 3.34. The molecule has 2 rings (SSSR count). The Morgan fingerprint density at radius 2 is 2.05 bits per heavy atom. The summed E-state index contributed by atoms with van der Waals surface area (Å²) in [6.07, 6.45) is 1.29. The standard InChI is InChI=1S/C13H20N2O3S/c16-10-4-5-12-11-14-8-9-15(12)19(17,18)13-6-2-1-3-7-13/h1-3,6-7,12,14,16H,4-5,8-11H2. The molecular formula is C13H20N2O3S. The molecule has 6 heteroatoms. The van der Waals surface area contributed by atoms with Crippen LogP contribution in [-0.2, 0) is 10.0 Å². The molecule has 106 valence electrons. The number of hydrogen-bond acceptors (Lipinski definition) is 4. The number of benzene rings is 1. The minimum atomic E-state index is -3.43. The summed E-state index contributed by atoms with van der Waals surface area (Å²) in [6, 6.07) is 8.45. The predicted molar refractivity (Wildman–Crippen MR) is 73.3 cm³/mol. The fourth-order valence-electron chi connectivity index (χ4n) is 2.36. The summed E-state index contributed by atoms with van der Waals surface area (Å²) in [6.45, 7) is 1.89. The average Bonchev–Trinajstić information content (AvgIpc) is 2.46. The molecule has 0 bridgehead atoms. The minimum Gasteiger partial charge on any atom is -0.396 e. The maximum atomic E-state index is 12.6. The highest BCUT2D eigenvalue weighted by atomic mass is 32.2. The second-order valence-electron chi connectivity index (χ2n) is 4.65. The number of aliphatic hydroxyl groups is 1. The number of aliphatic hydroxyl groups excluding tert-OH is 1. The van der Waals surface area contributed by atoms with Gasteiger partial charge in [0.1, 0.15) is 0 Å². The first-order valence-corrected chi connectivity index (χ1v) is 7.99. The first-order chi connectivity index (χ1) is 9.16. The lowest BCUT2D eigenvalue weighted by Gasteiger charge is -2.35. The van der Waals surface area contributed by atoms with Gasteiger partial charge in [0.2, 0.25) is 10.0 Å². The van der Waals surface area contributed by atoms with Crippen LogP contribution in [0.2, 0.25) is 0 Å². The molecule has 1 fully saturated rings. The lowest BCUT2D eigenvalue weighted by Crippen LogP contribution is -2.53. The van der Waals surface area contributed by atoms with Gasteiger partial charge >= 0.3 is 0 Å². The molecule has 0 amide bonds. The highest BCUT2D eigenvalue weighted by molar-refractivity contribution is 7.89. The number of nitrogens with zero attached hydrogens (tertiary/aromatic N) is 1. The van der Waals surface area contributed by atoms with Crippen LogP contribution in [0.15, 0.2) is 35.2 Å². The molecule has 0 radical (unpaired) electrons. The smallest absolute Gasteiger partial charge is 0.243 e. The van der Waals surface area contributed by atoms with E-state index in [9.17, 15) is 8.42 Å². The first-order valence-electron chi connectivity index (χ1n) is 6.54. The number of piperazine rings is 1. The molecule has 1 aliphatic heterocycles. The van der Waals surface area contributed by atoms with Gasteiger partial charge in [0.25, 0.3) is 0 Å². The molecular weight excluding hydrogens is 264 g/mol. The van der Waals surface area contributed by atoms with Gasteiger partial charge in [-0.2, -0.15) is 4.31 Å². The second-order valence-corrected chi connectivity index (χ2v) is 6.54. The monoisotopic (exact) mass is 284 g/mol. The molecule has 1 heterocycles. The zero-order valence-electron chi connectivity index (χ0n) is 10.8. The maximum absolute atomic E-state index is 12.6. The molecule has 5 nitrogen and oxygen atoms in total. The van der Waals surface area contributed by atoms with Crippen molar-refractivity contribution < 1.29 is 13.5 Å². The van der Waals surface area contributed by atoms with Crippen molar-refractivity contribution in [2.75, 3.05) is 26.2 Å². The maximum Gasteiger partial charge on any atom is 0.243 e. The molecule has 0 saturated carbocycles. The lowest BCUT2D eigenvalue weighted by molar-refractivity contribution is 0.223. The topological polar surface area (TPSA) is 69.6 Å². The Balaban J connectivity index is 2.21. The van der Waals surface area contributed by atoms with Crippen LogP contribution in [0.25, 0.3) is 0 Å². The van der Waals surface area contributed by atoms with Crippen LogP contribution in [0.4, 0.5) is 0 Å². The van der Waals surface area contributed by atoms with Crippen molar-refractivity contribution in [2.45, 2.75) is 23.8 Å². The quantitative estimate of drug-likeness (QED) is 0.822. The Hall–Kier alpha value is -0.950. The molecule has 19 heavy (non-hydrogen) atoms. The van der Waals surface area contributed by atoms with Crippen molar-refractivity contribution in [3.05, 3.63) is 30.3 Å². The normalized spacial score (nSPS) is 21.4. The van der Waals surface area contributed by atoms with E-state index in [1.165, 1.54) is 0 Å². The Labute approximate surface area is 114 Å². The predicted octanol–water partition coefficient (Wildman–Crippen LogP) is 0.422. The molecule has 1 unspecified atom stereocenters. The van der Waals surface area contributed by atoms with Crippen molar-refractivity contribution in [3.8, 4) is 0 Å². The fraction of sp³-hybridized carbons (Fsp3) is 0.538. The van der Waals surface area contributed by atoms with E-state index in [-0.39, 0.29) is 12.6 Å². The first kappa shape index (κ1) is 14.5. The van der Waals surface area contributed by atoms with Gasteiger partial charge in [0, 0.05) is 32.3 Å². The Bertz CT molecular complexity index is 490. The van der Waals surface area contributed by atoms with Gasteiger partial charge < -0.3 is 10.4 Å². The van der Waals surface area contributed by atoms with Gasteiger partial charge in [-0.1, -0.05) is 18.2 Å². The lowest BCUT2D eigenvalue weighted by atomic mass is 10.1. The molecule has 1 aromatic carbocycles. The van der Waals surface area contributed by atoms with Gasteiger partial charge in [-0.05, 0) is 25.0 Å². The largest absolute Gasteiger partial charge is 0.396 e. The van der Waals surface area contributed by atoms with Gasteiger partial charge in [-0.3, -0.25) is 0 Å². The third-order valence-corrected chi connectivity index (χ3v) is 5.31. The Morgan fingerprint density at radius 1 is 1.32 bits per heavy atom.